The van der Waals surface area contributed by atoms with Crippen LogP contribution in [0.3, 0.4) is 0 Å². The molecule has 0 saturated heterocycles. The summed E-state index contributed by atoms with van der Waals surface area (Å²) in [5, 5.41) is 15.2. The van der Waals surface area contributed by atoms with E-state index in [9.17, 15) is 14.7 Å². The van der Waals surface area contributed by atoms with E-state index in [1.165, 1.54) is 0 Å². The fraction of sp³-hybridized carbons (Fsp3) is 0.379. The molecule has 0 bridgehead atoms. The van der Waals surface area contributed by atoms with Gasteiger partial charge in [-0.3, -0.25) is 9.59 Å². The summed E-state index contributed by atoms with van der Waals surface area (Å²) >= 11 is 6.17. The zero-order chi connectivity index (χ0) is 24.7. The molecule has 0 radical (unpaired) electrons. The number of allylic oxidation sites excluding steroid dienone is 4. The van der Waals surface area contributed by atoms with Crippen LogP contribution < -0.4 is 5.32 Å². The third-order valence-corrected chi connectivity index (χ3v) is 6.92. The van der Waals surface area contributed by atoms with Crippen LogP contribution in [0.25, 0.3) is 0 Å². The van der Waals surface area contributed by atoms with E-state index in [2.05, 4.69) is 19.2 Å². The molecule has 0 aromatic heterocycles. The molecule has 34 heavy (non-hydrogen) atoms. The monoisotopic (exact) mass is 477 g/mol. The molecule has 0 heterocycles. The van der Waals surface area contributed by atoms with Gasteiger partial charge in [0, 0.05) is 52.7 Å². The van der Waals surface area contributed by atoms with Crippen molar-refractivity contribution in [1.82, 2.24) is 0 Å². The van der Waals surface area contributed by atoms with Gasteiger partial charge in [-0.15, -0.1) is 0 Å². The van der Waals surface area contributed by atoms with Crippen LogP contribution in [0.15, 0.2) is 77.2 Å². The lowest BCUT2D eigenvalue weighted by atomic mass is 9.66. The first kappa shape index (κ1) is 24.3. The summed E-state index contributed by atoms with van der Waals surface area (Å²) in [5.41, 5.74) is 2.78. The van der Waals surface area contributed by atoms with Crippen LogP contribution in [-0.2, 0) is 9.59 Å². The van der Waals surface area contributed by atoms with Crippen LogP contribution in [0.2, 0.25) is 5.02 Å². The van der Waals surface area contributed by atoms with Crippen molar-refractivity contribution in [2.75, 3.05) is 5.32 Å². The average molecular weight is 478 g/mol. The van der Waals surface area contributed by atoms with Gasteiger partial charge in [0.2, 0.25) is 0 Å². The molecular formula is C29H32ClNO3. The summed E-state index contributed by atoms with van der Waals surface area (Å²) < 4.78 is 0. The predicted octanol–water partition coefficient (Wildman–Crippen LogP) is 7.38. The van der Waals surface area contributed by atoms with E-state index in [0.29, 0.717) is 41.9 Å². The number of rotatable bonds is 5. The number of aliphatic hydroxyl groups excluding tert-OH is 1. The smallest absolute Gasteiger partial charge is 0.163 e. The Bertz CT molecular complexity index is 1170. The Morgan fingerprint density at radius 2 is 1.35 bits per heavy atom. The lowest BCUT2D eigenvalue weighted by Crippen LogP contribution is -2.34. The summed E-state index contributed by atoms with van der Waals surface area (Å²) in [6.45, 7) is 8.11. The molecule has 4 nitrogen and oxygen atoms in total. The normalized spacial score (nSPS) is 21.0. The maximum Gasteiger partial charge on any atom is 0.163 e. The van der Waals surface area contributed by atoms with Gasteiger partial charge in [-0.05, 0) is 47.1 Å². The molecule has 0 fully saturated rings. The van der Waals surface area contributed by atoms with Crippen LogP contribution in [0.1, 0.15) is 64.9 Å². The molecule has 2 aliphatic rings. The Morgan fingerprint density at radius 1 is 0.794 bits per heavy atom. The van der Waals surface area contributed by atoms with Crippen molar-refractivity contribution in [2.45, 2.75) is 59.3 Å². The summed E-state index contributed by atoms with van der Waals surface area (Å²) in [7, 11) is 0. The third kappa shape index (κ3) is 5.12. The van der Waals surface area contributed by atoms with Gasteiger partial charge in [0.25, 0.3) is 0 Å². The van der Waals surface area contributed by atoms with Gasteiger partial charge in [-0.25, -0.2) is 0 Å². The van der Waals surface area contributed by atoms with E-state index in [0.717, 1.165) is 16.9 Å². The second-order valence-electron chi connectivity index (χ2n) is 11.1. The molecule has 2 aliphatic carbocycles. The number of hydrogen-bond donors (Lipinski definition) is 2. The zero-order valence-corrected chi connectivity index (χ0v) is 21.0. The van der Waals surface area contributed by atoms with Gasteiger partial charge >= 0.3 is 0 Å². The first-order chi connectivity index (χ1) is 16.0. The minimum absolute atomic E-state index is 0.00688. The molecule has 0 amide bonds. The molecule has 1 atom stereocenters. The first-order valence-corrected chi connectivity index (χ1v) is 12.1. The van der Waals surface area contributed by atoms with E-state index in [4.69, 9.17) is 11.6 Å². The number of hydrogen-bond acceptors (Lipinski definition) is 4. The summed E-state index contributed by atoms with van der Waals surface area (Å²) in [5.74, 6) is -0.702. The van der Waals surface area contributed by atoms with Crippen LogP contribution >= 0.6 is 11.6 Å². The molecule has 0 spiro atoms. The average Bonchev–Trinajstić information content (AvgIpc) is 2.71. The minimum Gasteiger partial charge on any atom is -0.512 e. The number of para-hydroxylation sites is 1. The van der Waals surface area contributed by atoms with E-state index in [1.54, 1.807) is 12.1 Å². The van der Waals surface area contributed by atoms with Crippen LogP contribution in [0.4, 0.5) is 5.69 Å². The highest BCUT2D eigenvalue weighted by Crippen LogP contribution is 2.48. The summed E-state index contributed by atoms with van der Waals surface area (Å²) in [6.07, 6.45) is 1.75. The Morgan fingerprint density at radius 3 is 1.94 bits per heavy atom. The standard InChI is InChI=1S/C29H32ClNO3/c1-28(2)14-21(31-20-8-6-5-7-9-20)26(22(32)15-28)25(18-10-12-19(30)13-11-18)27-23(33)16-29(3,4)17-24(27)34/h5-13,25,31,33H,14-17H2,1-4H3. The maximum absolute atomic E-state index is 13.7. The van der Waals surface area contributed by atoms with Crippen molar-refractivity contribution in [3.8, 4) is 0 Å². The lowest BCUT2D eigenvalue weighted by Gasteiger charge is -2.38. The summed E-state index contributed by atoms with van der Waals surface area (Å²) in [6, 6.07) is 17.0. The maximum atomic E-state index is 13.7. The van der Waals surface area contributed by atoms with Crippen molar-refractivity contribution < 1.29 is 14.7 Å². The number of aliphatic hydroxyl groups is 1. The highest BCUT2D eigenvalue weighted by Gasteiger charge is 2.43. The number of carbonyl (C=O) groups excluding carboxylic acids is 2. The fourth-order valence-electron chi connectivity index (χ4n) is 5.24. The van der Waals surface area contributed by atoms with Gasteiger partial charge in [0.1, 0.15) is 5.76 Å². The molecule has 2 aromatic rings. The molecule has 1 unspecified atom stereocenters. The Balaban J connectivity index is 1.95. The molecule has 0 saturated carbocycles. The van der Waals surface area contributed by atoms with Crippen molar-refractivity contribution in [3.05, 3.63) is 87.8 Å². The van der Waals surface area contributed by atoms with Crippen molar-refractivity contribution in [2.24, 2.45) is 10.8 Å². The number of benzene rings is 2. The van der Waals surface area contributed by atoms with Crippen molar-refractivity contribution in [1.29, 1.82) is 0 Å². The van der Waals surface area contributed by atoms with E-state index in [1.807, 2.05) is 56.3 Å². The number of carbonyl (C=O) groups is 2. The quantitative estimate of drug-likeness (QED) is 0.471. The van der Waals surface area contributed by atoms with E-state index < -0.39 is 5.92 Å². The van der Waals surface area contributed by atoms with E-state index in [-0.39, 0.29) is 28.2 Å². The first-order valence-electron chi connectivity index (χ1n) is 11.7. The van der Waals surface area contributed by atoms with Crippen molar-refractivity contribution >= 4 is 28.9 Å². The van der Waals surface area contributed by atoms with Gasteiger partial charge < -0.3 is 10.4 Å². The molecule has 0 aliphatic heterocycles. The summed E-state index contributed by atoms with van der Waals surface area (Å²) in [4.78, 5) is 27.2. The molecule has 5 heteroatoms. The number of halogens is 1. The molecule has 2 aromatic carbocycles. The molecule has 2 N–H and O–H groups in total. The topological polar surface area (TPSA) is 66.4 Å². The lowest BCUT2D eigenvalue weighted by molar-refractivity contribution is -0.119. The van der Waals surface area contributed by atoms with Gasteiger partial charge in [0.05, 0.1) is 0 Å². The third-order valence-electron chi connectivity index (χ3n) is 6.67. The highest BCUT2D eigenvalue weighted by molar-refractivity contribution is 6.30. The van der Waals surface area contributed by atoms with Gasteiger partial charge in [0.15, 0.2) is 11.6 Å². The van der Waals surface area contributed by atoms with Crippen molar-refractivity contribution in [3.63, 3.8) is 0 Å². The fourth-order valence-corrected chi connectivity index (χ4v) is 5.37. The van der Waals surface area contributed by atoms with Crippen LogP contribution in [0, 0.1) is 10.8 Å². The van der Waals surface area contributed by atoms with Crippen LogP contribution in [-0.4, -0.2) is 16.7 Å². The minimum atomic E-state index is -0.657. The van der Waals surface area contributed by atoms with E-state index >= 15 is 0 Å². The highest BCUT2D eigenvalue weighted by atomic mass is 35.5. The Hall–Kier alpha value is -2.85. The number of anilines is 1. The second-order valence-corrected chi connectivity index (χ2v) is 11.5. The Kier molecular flexibility index (Phi) is 6.48. The number of nitrogens with one attached hydrogen (secondary N) is 1. The second kappa shape index (κ2) is 9.07. The largest absolute Gasteiger partial charge is 0.512 e. The number of ketones is 2. The predicted molar refractivity (Wildman–Crippen MR) is 137 cm³/mol. The van der Waals surface area contributed by atoms with Gasteiger partial charge in [-0.1, -0.05) is 69.6 Å². The SMILES string of the molecule is CC1(C)CC(=O)C(C(C2=C(Nc3ccccc3)CC(C)(C)CC2=O)c2ccc(Cl)cc2)=C(O)C1. The Labute approximate surface area is 206 Å². The van der Waals surface area contributed by atoms with Crippen LogP contribution in [0.5, 0.6) is 0 Å². The van der Waals surface area contributed by atoms with Gasteiger partial charge in [-0.2, -0.15) is 0 Å². The molecule has 178 valence electrons. The molecule has 4 rings (SSSR count). The molecular weight excluding hydrogens is 446 g/mol. The zero-order valence-electron chi connectivity index (χ0n) is 20.2. The number of Topliss-reactive ketones (excluding diaryl/α,β-unsaturated/α-hetero) is 2.